The number of aryl methyl sites for hydroxylation is 1. The fraction of sp³-hybridized carbons (Fsp3) is 0.480. The third kappa shape index (κ3) is 4.73. The molecule has 0 saturated carbocycles. The predicted molar refractivity (Wildman–Crippen MR) is 122 cm³/mol. The van der Waals surface area contributed by atoms with E-state index in [0.29, 0.717) is 25.3 Å². The number of carbonyl (C=O) groups is 2. The molecule has 6 nitrogen and oxygen atoms in total. The molecule has 1 fully saturated rings. The Kier molecular flexibility index (Phi) is 6.25. The molecule has 2 heterocycles. The number of aromatic nitrogens is 2. The van der Waals surface area contributed by atoms with Crippen LogP contribution in [0.2, 0.25) is 0 Å². The van der Waals surface area contributed by atoms with E-state index < -0.39 is 0 Å². The number of likely N-dealkylation sites (N-methyl/N-ethyl adjacent to an activating group) is 2. The molecule has 1 aliphatic heterocycles. The lowest BCUT2D eigenvalue weighted by atomic mass is 9.87. The predicted octanol–water partition coefficient (Wildman–Crippen LogP) is 4.57. The number of hydrogen-bond acceptors (Lipinski definition) is 3. The quantitative estimate of drug-likeness (QED) is 0.720. The van der Waals surface area contributed by atoms with Gasteiger partial charge in [0.2, 0.25) is 5.78 Å². The molecule has 1 aromatic heterocycles. The minimum Gasteiger partial charge on any atom is -0.340 e. The van der Waals surface area contributed by atoms with Gasteiger partial charge >= 0.3 is 6.03 Å². The number of urea groups is 1. The van der Waals surface area contributed by atoms with E-state index >= 15 is 0 Å². The number of ketones is 1. The monoisotopic (exact) mass is 420 g/mol. The van der Waals surface area contributed by atoms with Crippen molar-refractivity contribution in [2.45, 2.75) is 51.4 Å². The number of nitrogens with one attached hydrogen (secondary N) is 1. The summed E-state index contributed by atoms with van der Waals surface area (Å²) in [6.07, 6.45) is 10.2. The van der Waals surface area contributed by atoms with Gasteiger partial charge in [-0.3, -0.25) is 4.79 Å². The van der Waals surface area contributed by atoms with Crippen LogP contribution < -0.4 is 0 Å². The van der Waals surface area contributed by atoms with Crippen molar-refractivity contribution in [3.05, 3.63) is 58.7 Å². The zero-order valence-electron chi connectivity index (χ0n) is 18.8. The van der Waals surface area contributed by atoms with Crippen LogP contribution in [0.3, 0.4) is 0 Å². The molecule has 0 spiro atoms. The normalized spacial score (nSPS) is 18.2. The second-order valence-corrected chi connectivity index (χ2v) is 9.00. The molecule has 1 aromatic carbocycles. The van der Waals surface area contributed by atoms with E-state index in [1.807, 2.05) is 21.0 Å². The van der Waals surface area contributed by atoms with Crippen LogP contribution in [0.4, 0.5) is 4.79 Å². The largest absolute Gasteiger partial charge is 0.340 e. The Morgan fingerprint density at radius 3 is 2.65 bits per heavy atom. The average molecular weight is 421 g/mol. The molecule has 2 aromatic rings. The Balaban J connectivity index is 1.67. The summed E-state index contributed by atoms with van der Waals surface area (Å²) in [5.41, 5.74) is 5.73. The first kappa shape index (κ1) is 21.3. The van der Waals surface area contributed by atoms with Crippen molar-refractivity contribution < 1.29 is 9.59 Å². The topological polar surface area (TPSA) is 69.3 Å². The van der Waals surface area contributed by atoms with Crippen LogP contribution >= 0.6 is 0 Å². The Bertz CT molecular complexity index is 993. The summed E-state index contributed by atoms with van der Waals surface area (Å²) in [6, 6.07) is 6.59. The van der Waals surface area contributed by atoms with E-state index in [2.05, 4.69) is 34.2 Å². The molecule has 1 N–H and O–H groups in total. The number of benzene rings is 1. The number of rotatable bonds is 5. The van der Waals surface area contributed by atoms with Gasteiger partial charge in [-0.1, -0.05) is 30.7 Å². The van der Waals surface area contributed by atoms with Crippen molar-refractivity contribution in [1.82, 2.24) is 19.8 Å². The van der Waals surface area contributed by atoms with Gasteiger partial charge in [0.1, 0.15) is 0 Å². The van der Waals surface area contributed by atoms with Gasteiger partial charge in [-0.25, -0.2) is 9.78 Å². The van der Waals surface area contributed by atoms with Gasteiger partial charge in [0, 0.05) is 51.4 Å². The Labute approximate surface area is 184 Å². The van der Waals surface area contributed by atoms with Crippen molar-refractivity contribution in [2.75, 3.05) is 27.2 Å². The first-order valence-corrected chi connectivity index (χ1v) is 11.3. The zero-order chi connectivity index (χ0) is 22.0. The van der Waals surface area contributed by atoms with Gasteiger partial charge in [0.05, 0.1) is 0 Å². The zero-order valence-corrected chi connectivity index (χ0v) is 18.8. The van der Waals surface area contributed by atoms with E-state index in [9.17, 15) is 9.59 Å². The summed E-state index contributed by atoms with van der Waals surface area (Å²) in [7, 11) is 3.72. The molecule has 31 heavy (non-hydrogen) atoms. The molecular weight excluding hydrogens is 388 g/mol. The number of Topliss-reactive ketones (excluding diaryl/α,β-unsaturated/α-hetero) is 1. The van der Waals surface area contributed by atoms with Crippen LogP contribution in [0, 0.1) is 6.92 Å². The third-order valence-electron chi connectivity index (χ3n) is 6.45. The number of hydrogen-bond donors (Lipinski definition) is 1. The van der Waals surface area contributed by atoms with Crippen molar-refractivity contribution in [3.63, 3.8) is 0 Å². The number of amides is 2. The molecule has 0 bridgehead atoms. The third-order valence-corrected chi connectivity index (χ3v) is 6.45. The van der Waals surface area contributed by atoms with Gasteiger partial charge in [0.15, 0.2) is 5.82 Å². The van der Waals surface area contributed by atoms with Gasteiger partial charge in [-0.2, -0.15) is 0 Å². The number of nitrogens with zero attached hydrogens (tertiary/aromatic N) is 3. The molecular formula is C25H32N4O2. The van der Waals surface area contributed by atoms with Gasteiger partial charge < -0.3 is 14.8 Å². The highest BCUT2D eigenvalue weighted by molar-refractivity contribution is 5.95. The van der Waals surface area contributed by atoms with Crippen LogP contribution in [0.15, 0.2) is 30.5 Å². The Hall–Kier alpha value is -2.89. The molecule has 4 rings (SSSR count). The lowest BCUT2D eigenvalue weighted by molar-refractivity contribution is 0.0983. The summed E-state index contributed by atoms with van der Waals surface area (Å²) >= 11 is 0. The fourth-order valence-electron chi connectivity index (χ4n) is 4.75. The van der Waals surface area contributed by atoms with E-state index in [4.69, 9.17) is 0 Å². The van der Waals surface area contributed by atoms with Crippen molar-refractivity contribution in [3.8, 4) is 0 Å². The Morgan fingerprint density at radius 2 is 1.94 bits per heavy atom. The number of carbonyl (C=O) groups excluding carboxylic acids is 2. The standard InChI is InChI=1S/C25H32N4O2/c1-17-14-26-24(27-17)23(30)13-20-11-10-19(21-15-28(2)25(31)29(3)16-21)12-22(20)18-8-6-4-5-7-9-18/h8,10-12,14,21H,4-7,9,13,15-16H2,1-3H3,(H,26,27). The maximum absolute atomic E-state index is 12.9. The van der Waals surface area contributed by atoms with Crippen molar-refractivity contribution in [1.29, 1.82) is 0 Å². The summed E-state index contributed by atoms with van der Waals surface area (Å²) in [5.74, 6) is 0.700. The van der Waals surface area contributed by atoms with Crippen LogP contribution in [-0.2, 0) is 6.42 Å². The number of imidazole rings is 1. The number of H-pyrrole nitrogens is 1. The summed E-state index contributed by atoms with van der Waals surface area (Å²) in [6.45, 7) is 3.33. The number of allylic oxidation sites excluding steroid dienone is 2. The summed E-state index contributed by atoms with van der Waals surface area (Å²) in [5, 5.41) is 0. The highest BCUT2D eigenvalue weighted by Crippen LogP contribution is 2.33. The highest BCUT2D eigenvalue weighted by Gasteiger charge is 2.28. The molecule has 0 radical (unpaired) electrons. The molecule has 0 unspecified atom stereocenters. The average Bonchev–Trinajstić information content (AvgIpc) is 3.02. The number of aromatic amines is 1. The van der Waals surface area contributed by atoms with E-state index in [-0.39, 0.29) is 17.7 Å². The fourth-order valence-corrected chi connectivity index (χ4v) is 4.75. The molecule has 164 valence electrons. The smallest absolute Gasteiger partial charge is 0.319 e. The minimum absolute atomic E-state index is 0.0130. The van der Waals surface area contributed by atoms with Gasteiger partial charge in [-0.05, 0) is 54.9 Å². The lowest BCUT2D eigenvalue weighted by Crippen LogP contribution is -2.48. The van der Waals surface area contributed by atoms with E-state index in [0.717, 1.165) is 24.1 Å². The van der Waals surface area contributed by atoms with Crippen LogP contribution in [-0.4, -0.2) is 58.8 Å². The Morgan fingerprint density at radius 1 is 1.16 bits per heavy atom. The van der Waals surface area contributed by atoms with Gasteiger partial charge in [0.25, 0.3) is 0 Å². The van der Waals surface area contributed by atoms with Gasteiger partial charge in [-0.15, -0.1) is 0 Å². The maximum Gasteiger partial charge on any atom is 0.319 e. The molecule has 1 aliphatic carbocycles. The second kappa shape index (κ2) is 9.08. The SMILES string of the molecule is Cc1cnc(C(=O)Cc2ccc(C3CN(C)C(=O)N(C)C3)cc2C2=CCCCCC2)[nH]1. The maximum atomic E-state index is 12.9. The summed E-state index contributed by atoms with van der Waals surface area (Å²) < 4.78 is 0. The van der Waals surface area contributed by atoms with Crippen molar-refractivity contribution in [2.24, 2.45) is 0 Å². The van der Waals surface area contributed by atoms with E-state index in [1.165, 1.54) is 36.0 Å². The van der Waals surface area contributed by atoms with E-state index in [1.54, 1.807) is 16.0 Å². The molecule has 6 heteroatoms. The molecule has 2 aliphatic rings. The van der Waals surface area contributed by atoms with Crippen LogP contribution in [0.25, 0.3) is 5.57 Å². The minimum atomic E-state index is 0.0130. The lowest BCUT2D eigenvalue weighted by Gasteiger charge is -2.36. The molecule has 2 amide bonds. The molecule has 1 saturated heterocycles. The van der Waals surface area contributed by atoms with Crippen molar-refractivity contribution >= 4 is 17.4 Å². The first-order chi connectivity index (χ1) is 14.9. The first-order valence-electron chi connectivity index (χ1n) is 11.3. The summed E-state index contributed by atoms with van der Waals surface area (Å²) in [4.78, 5) is 35.9. The second-order valence-electron chi connectivity index (χ2n) is 9.00. The van der Waals surface area contributed by atoms with Crippen LogP contribution in [0.1, 0.15) is 71.0 Å². The highest BCUT2D eigenvalue weighted by atomic mass is 16.2. The molecule has 0 atom stereocenters. The van der Waals surface area contributed by atoms with Crippen LogP contribution in [0.5, 0.6) is 0 Å².